The molecule has 26 heavy (non-hydrogen) atoms. The number of benzene rings is 1. The molecular formula is C19H27N3O3S. The summed E-state index contributed by atoms with van der Waals surface area (Å²) in [7, 11) is 1.57. The summed E-state index contributed by atoms with van der Waals surface area (Å²) in [5.41, 5.74) is 3.35. The van der Waals surface area contributed by atoms with E-state index in [0.29, 0.717) is 23.0 Å². The fraction of sp³-hybridized carbons (Fsp3) is 0.474. The number of methoxy groups -OCH3 is 1. The monoisotopic (exact) mass is 377 g/mol. The quantitative estimate of drug-likeness (QED) is 0.410. The van der Waals surface area contributed by atoms with Crippen molar-refractivity contribution in [3.63, 3.8) is 0 Å². The minimum atomic E-state index is -0.375. The fourth-order valence-electron chi connectivity index (χ4n) is 2.98. The molecule has 0 aromatic heterocycles. The Balaban J connectivity index is 2.27. The van der Waals surface area contributed by atoms with E-state index < -0.39 is 0 Å². The number of carbonyl (C=O) groups excluding carboxylic acids is 1. The molecule has 2 rings (SSSR count). The number of carbonyl (C=O) groups is 1. The van der Waals surface area contributed by atoms with Gasteiger partial charge in [0.25, 0.3) is 0 Å². The van der Waals surface area contributed by atoms with Crippen molar-refractivity contribution in [3.05, 3.63) is 41.1 Å². The molecule has 1 heterocycles. The van der Waals surface area contributed by atoms with E-state index in [2.05, 4.69) is 41.5 Å². The molecule has 1 atom stereocenters. The molecule has 6 nitrogen and oxygen atoms in total. The average molecular weight is 378 g/mol. The highest BCUT2D eigenvalue weighted by molar-refractivity contribution is 7.80. The van der Waals surface area contributed by atoms with E-state index >= 15 is 0 Å². The van der Waals surface area contributed by atoms with Crippen LogP contribution in [0.25, 0.3) is 0 Å². The maximum atomic E-state index is 12.6. The fourth-order valence-corrected chi connectivity index (χ4v) is 3.25. The highest BCUT2D eigenvalue weighted by Crippen LogP contribution is 2.29. The molecule has 0 amide bonds. The minimum Gasteiger partial charge on any atom is -0.460 e. The van der Waals surface area contributed by atoms with Crippen molar-refractivity contribution in [1.29, 1.82) is 0 Å². The van der Waals surface area contributed by atoms with E-state index in [0.717, 1.165) is 24.3 Å². The molecule has 0 unspecified atom stereocenters. The first kappa shape index (κ1) is 20.2. The summed E-state index contributed by atoms with van der Waals surface area (Å²) in [5.74, 6) is -0.375. The zero-order valence-electron chi connectivity index (χ0n) is 15.8. The van der Waals surface area contributed by atoms with Gasteiger partial charge in [-0.2, -0.15) is 0 Å². The molecule has 0 aliphatic carbocycles. The normalized spacial score (nSPS) is 16.8. The van der Waals surface area contributed by atoms with Gasteiger partial charge >= 0.3 is 5.97 Å². The van der Waals surface area contributed by atoms with Crippen LogP contribution in [0.5, 0.6) is 0 Å². The number of nitrogens with one attached hydrogen (secondary N) is 2. The lowest BCUT2D eigenvalue weighted by Crippen LogP contribution is -2.45. The Labute approximate surface area is 160 Å². The Morgan fingerprint density at radius 3 is 2.42 bits per heavy atom. The lowest BCUT2D eigenvalue weighted by Gasteiger charge is -2.30. The molecule has 1 aliphatic rings. The minimum absolute atomic E-state index is 0.212. The Morgan fingerprint density at radius 1 is 1.19 bits per heavy atom. The van der Waals surface area contributed by atoms with Crippen LogP contribution >= 0.6 is 12.2 Å². The summed E-state index contributed by atoms with van der Waals surface area (Å²) < 4.78 is 10.3. The molecule has 0 radical (unpaired) electrons. The van der Waals surface area contributed by atoms with Gasteiger partial charge in [-0.3, -0.25) is 0 Å². The predicted molar refractivity (Wildman–Crippen MR) is 107 cm³/mol. The second kappa shape index (κ2) is 9.54. The molecule has 1 aromatic rings. The van der Waals surface area contributed by atoms with E-state index in [4.69, 9.17) is 21.7 Å². The maximum Gasteiger partial charge on any atom is 0.338 e. The van der Waals surface area contributed by atoms with E-state index in [1.165, 1.54) is 0 Å². The van der Waals surface area contributed by atoms with E-state index in [9.17, 15) is 4.79 Å². The zero-order chi connectivity index (χ0) is 19.1. The summed E-state index contributed by atoms with van der Waals surface area (Å²) in [5, 5.41) is 6.68. The summed E-state index contributed by atoms with van der Waals surface area (Å²) in [4.78, 5) is 14.8. The van der Waals surface area contributed by atoms with Crippen molar-refractivity contribution in [3.8, 4) is 0 Å². The van der Waals surface area contributed by atoms with Crippen molar-refractivity contribution in [2.24, 2.45) is 0 Å². The van der Waals surface area contributed by atoms with Crippen molar-refractivity contribution in [2.75, 3.05) is 38.3 Å². The van der Waals surface area contributed by atoms with Crippen molar-refractivity contribution < 1.29 is 14.3 Å². The van der Waals surface area contributed by atoms with Crippen LogP contribution < -0.4 is 15.5 Å². The third kappa shape index (κ3) is 4.74. The van der Waals surface area contributed by atoms with Gasteiger partial charge in [0, 0.05) is 31.6 Å². The van der Waals surface area contributed by atoms with Crippen LogP contribution in [0.2, 0.25) is 0 Å². The van der Waals surface area contributed by atoms with Crippen LogP contribution in [-0.4, -0.2) is 44.5 Å². The van der Waals surface area contributed by atoms with Crippen molar-refractivity contribution in [1.82, 2.24) is 10.6 Å². The van der Waals surface area contributed by atoms with Crippen LogP contribution in [-0.2, 0) is 14.3 Å². The van der Waals surface area contributed by atoms with Gasteiger partial charge in [-0.25, -0.2) is 4.79 Å². The Hall–Kier alpha value is -2.12. The SMILES string of the molecule is CCN(CC)c1ccc([C@@H]2NC(=S)NC(C)=C2C(=O)OCCOC)cc1. The first-order valence-corrected chi connectivity index (χ1v) is 9.21. The van der Waals surface area contributed by atoms with Crippen LogP contribution in [0.3, 0.4) is 0 Å². The molecule has 1 aromatic carbocycles. The van der Waals surface area contributed by atoms with Gasteiger partial charge in [0.05, 0.1) is 18.2 Å². The molecule has 0 fully saturated rings. The van der Waals surface area contributed by atoms with Crippen molar-refractivity contribution >= 4 is 29.0 Å². The van der Waals surface area contributed by atoms with Crippen LogP contribution in [0.4, 0.5) is 5.69 Å². The highest BCUT2D eigenvalue weighted by Gasteiger charge is 2.30. The first-order chi connectivity index (χ1) is 12.5. The molecule has 0 saturated heterocycles. The van der Waals surface area contributed by atoms with Gasteiger partial charge in [-0.05, 0) is 50.7 Å². The number of rotatable bonds is 8. The predicted octanol–water partition coefficient (Wildman–Crippen LogP) is 2.52. The summed E-state index contributed by atoms with van der Waals surface area (Å²) in [6.45, 7) is 8.56. The van der Waals surface area contributed by atoms with Gasteiger partial charge in [-0.1, -0.05) is 12.1 Å². The highest BCUT2D eigenvalue weighted by atomic mass is 32.1. The molecule has 7 heteroatoms. The lowest BCUT2D eigenvalue weighted by atomic mass is 9.95. The molecule has 0 bridgehead atoms. The second-order valence-electron chi connectivity index (χ2n) is 5.96. The zero-order valence-corrected chi connectivity index (χ0v) is 16.6. The van der Waals surface area contributed by atoms with E-state index in [-0.39, 0.29) is 18.6 Å². The summed E-state index contributed by atoms with van der Waals surface area (Å²) in [6.07, 6.45) is 0. The Morgan fingerprint density at radius 2 is 1.85 bits per heavy atom. The van der Waals surface area contributed by atoms with Gasteiger partial charge in [0.2, 0.25) is 0 Å². The number of thiocarbonyl (C=S) groups is 1. The number of allylic oxidation sites excluding steroid dienone is 1. The molecule has 0 spiro atoms. The first-order valence-electron chi connectivity index (χ1n) is 8.81. The van der Waals surface area contributed by atoms with Crippen LogP contribution in [0.15, 0.2) is 35.5 Å². The third-order valence-electron chi connectivity index (χ3n) is 4.36. The molecule has 1 aliphatic heterocycles. The van der Waals surface area contributed by atoms with Crippen LogP contribution in [0.1, 0.15) is 32.4 Å². The second-order valence-corrected chi connectivity index (χ2v) is 6.37. The molecule has 2 N–H and O–H groups in total. The number of esters is 1. The number of anilines is 1. The molecule has 0 saturated carbocycles. The van der Waals surface area contributed by atoms with E-state index in [1.54, 1.807) is 7.11 Å². The van der Waals surface area contributed by atoms with Gasteiger partial charge in [0.1, 0.15) is 6.61 Å². The molecule has 142 valence electrons. The molecular weight excluding hydrogens is 350 g/mol. The van der Waals surface area contributed by atoms with Gasteiger partial charge in [-0.15, -0.1) is 0 Å². The lowest BCUT2D eigenvalue weighted by molar-refractivity contribution is -0.140. The van der Waals surface area contributed by atoms with E-state index in [1.807, 2.05) is 19.1 Å². The average Bonchev–Trinajstić information content (AvgIpc) is 2.62. The van der Waals surface area contributed by atoms with Gasteiger partial charge in [0.15, 0.2) is 5.11 Å². The van der Waals surface area contributed by atoms with Gasteiger partial charge < -0.3 is 25.0 Å². The smallest absolute Gasteiger partial charge is 0.338 e. The standard InChI is InChI=1S/C19H27N3O3S/c1-5-22(6-2)15-9-7-14(8-10-15)17-16(13(3)20-19(26)21-17)18(23)25-12-11-24-4/h7-10,17H,5-6,11-12H2,1-4H3,(H2,20,21,26)/t17-/m0/s1. The van der Waals surface area contributed by atoms with Crippen LogP contribution in [0, 0.1) is 0 Å². The number of ether oxygens (including phenoxy) is 2. The topological polar surface area (TPSA) is 62.8 Å². The Bertz CT molecular complexity index is 669. The number of nitrogens with zero attached hydrogens (tertiary/aromatic N) is 1. The Kier molecular flexibility index (Phi) is 7.41. The number of hydrogen-bond acceptors (Lipinski definition) is 5. The summed E-state index contributed by atoms with van der Waals surface area (Å²) in [6, 6.07) is 7.84. The summed E-state index contributed by atoms with van der Waals surface area (Å²) >= 11 is 5.27. The third-order valence-corrected chi connectivity index (χ3v) is 4.58. The maximum absolute atomic E-state index is 12.6. The number of hydrogen-bond donors (Lipinski definition) is 2. The van der Waals surface area contributed by atoms with Crippen molar-refractivity contribution in [2.45, 2.75) is 26.8 Å². The largest absolute Gasteiger partial charge is 0.460 e.